The summed E-state index contributed by atoms with van der Waals surface area (Å²) in [6.07, 6.45) is 2.74. The Bertz CT molecular complexity index is 313. The van der Waals surface area contributed by atoms with Crippen molar-refractivity contribution in [3.8, 4) is 0 Å². The fourth-order valence-corrected chi connectivity index (χ4v) is 3.29. The lowest BCUT2D eigenvalue weighted by molar-refractivity contribution is 0.186. The van der Waals surface area contributed by atoms with Gasteiger partial charge in [0.25, 0.3) is 0 Å². The molecule has 0 amide bonds. The van der Waals surface area contributed by atoms with E-state index in [1.807, 2.05) is 18.4 Å². The van der Waals surface area contributed by atoms with E-state index < -0.39 is 0 Å². The van der Waals surface area contributed by atoms with Crippen LogP contribution >= 0.6 is 11.3 Å². The Labute approximate surface area is 103 Å². The first kappa shape index (κ1) is 12.1. The lowest BCUT2D eigenvalue weighted by Gasteiger charge is -2.29. The van der Waals surface area contributed by atoms with Crippen LogP contribution in [0.1, 0.15) is 29.5 Å². The van der Waals surface area contributed by atoms with Gasteiger partial charge in [-0.3, -0.25) is 4.90 Å². The average molecular weight is 238 g/mol. The SMILES string of the molecule is CNCc1ccc(CN2CCC(C)CC2)s1. The summed E-state index contributed by atoms with van der Waals surface area (Å²) < 4.78 is 0. The van der Waals surface area contributed by atoms with Gasteiger partial charge in [-0.25, -0.2) is 0 Å². The van der Waals surface area contributed by atoms with Crippen molar-refractivity contribution in [3.05, 3.63) is 21.9 Å². The maximum atomic E-state index is 3.20. The molecule has 16 heavy (non-hydrogen) atoms. The molecule has 1 aliphatic heterocycles. The molecular formula is C13H22N2S. The van der Waals surface area contributed by atoms with Gasteiger partial charge in [-0.2, -0.15) is 0 Å². The van der Waals surface area contributed by atoms with Crippen LogP contribution in [0.2, 0.25) is 0 Å². The summed E-state index contributed by atoms with van der Waals surface area (Å²) in [5.41, 5.74) is 0. The number of likely N-dealkylation sites (tertiary alicyclic amines) is 1. The quantitative estimate of drug-likeness (QED) is 0.867. The third-order valence-corrected chi connectivity index (χ3v) is 4.39. The molecule has 0 saturated carbocycles. The summed E-state index contributed by atoms with van der Waals surface area (Å²) in [6.45, 7) is 7.08. The van der Waals surface area contributed by atoms with Gasteiger partial charge in [-0.15, -0.1) is 11.3 Å². The van der Waals surface area contributed by atoms with E-state index in [2.05, 4.69) is 29.3 Å². The number of hydrogen-bond acceptors (Lipinski definition) is 3. The van der Waals surface area contributed by atoms with Crippen molar-refractivity contribution < 1.29 is 0 Å². The van der Waals surface area contributed by atoms with E-state index in [-0.39, 0.29) is 0 Å². The van der Waals surface area contributed by atoms with E-state index >= 15 is 0 Å². The predicted octanol–water partition coefficient (Wildman–Crippen LogP) is 2.70. The Hall–Kier alpha value is -0.380. The summed E-state index contributed by atoms with van der Waals surface area (Å²) in [5, 5.41) is 3.20. The Balaban J connectivity index is 1.83. The number of rotatable bonds is 4. The zero-order chi connectivity index (χ0) is 11.4. The highest BCUT2D eigenvalue weighted by Crippen LogP contribution is 2.22. The summed E-state index contributed by atoms with van der Waals surface area (Å²) in [7, 11) is 2.01. The first-order valence-corrected chi connectivity index (χ1v) is 7.04. The Morgan fingerprint density at radius 3 is 2.69 bits per heavy atom. The van der Waals surface area contributed by atoms with Crippen LogP contribution < -0.4 is 5.32 Å². The van der Waals surface area contributed by atoms with E-state index in [4.69, 9.17) is 0 Å². The van der Waals surface area contributed by atoms with Gasteiger partial charge in [0, 0.05) is 22.8 Å². The normalized spacial score (nSPS) is 19.1. The Morgan fingerprint density at radius 2 is 2.00 bits per heavy atom. The lowest BCUT2D eigenvalue weighted by atomic mass is 9.99. The van der Waals surface area contributed by atoms with E-state index in [0.717, 1.165) is 19.0 Å². The number of nitrogens with one attached hydrogen (secondary N) is 1. The molecule has 1 saturated heterocycles. The van der Waals surface area contributed by atoms with Crippen LogP contribution in [0.3, 0.4) is 0 Å². The molecule has 0 aromatic carbocycles. The van der Waals surface area contributed by atoms with E-state index in [0.29, 0.717) is 0 Å². The molecule has 90 valence electrons. The smallest absolute Gasteiger partial charge is 0.0328 e. The third-order valence-electron chi connectivity index (χ3n) is 3.32. The topological polar surface area (TPSA) is 15.3 Å². The van der Waals surface area contributed by atoms with Crippen LogP contribution in [0.5, 0.6) is 0 Å². The highest BCUT2D eigenvalue weighted by molar-refractivity contribution is 7.11. The van der Waals surface area contributed by atoms with Crippen LogP contribution in [-0.2, 0) is 13.1 Å². The molecule has 0 unspecified atom stereocenters. The zero-order valence-electron chi connectivity index (χ0n) is 10.3. The molecule has 2 nitrogen and oxygen atoms in total. The summed E-state index contributed by atoms with van der Waals surface area (Å²) >= 11 is 1.95. The first-order valence-electron chi connectivity index (χ1n) is 6.22. The molecule has 1 aromatic heterocycles. The molecule has 2 heterocycles. The maximum Gasteiger partial charge on any atom is 0.0328 e. The minimum Gasteiger partial charge on any atom is -0.315 e. The molecule has 1 aliphatic rings. The molecule has 1 aromatic rings. The second-order valence-corrected chi connectivity index (χ2v) is 6.11. The molecule has 0 spiro atoms. The lowest BCUT2D eigenvalue weighted by Crippen LogP contribution is -2.32. The summed E-state index contributed by atoms with van der Waals surface area (Å²) in [5.74, 6) is 0.930. The van der Waals surface area contributed by atoms with Crippen molar-refractivity contribution in [1.82, 2.24) is 10.2 Å². The maximum absolute atomic E-state index is 3.20. The van der Waals surface area contributed by atoms with Crippen molar-refractivity contribution in [2.45, 2.75) is 32.9 Å². The molecular weight excluding hydrogens is 216 g/mol. The number of piperidine rings is 1. The molecule has 2 rings (SSSR count). The average Bonchev–Trinajstić information content (AvgIpc) is 2.70. The molecule has 0 radical (unpaired) electrons. The number of thiophene rings is 1. The molecule has 0 aliphatic carbocycles. The van der Waals surface area contributed by atoms with Gasteiger partial charge in [0.15, 0.2) is 0 Å². The molecule has 1 N–H and O–H groups in total. The van der Waals surface area contributed by atoms with E-state index in [1.165, 1.54) is 35.7 Å². The number of hydrogen-bond donors (Lipinski definition) is 1. The van der Waals surface area contributed by atoms with Gasteiger partial charge in [0.05, 0.1) is 0 Å². The van der Waals surface area contributed by atoms with E-state index in [1.54, 1.807) is 0 Å². The molecule has 0 atom stereocenters. The third kappa shape index (κ3) is 3.30. The predicted molar refractivity (Wildman–Crippen MR) is 70.8 cm³/mol. The second kappa shape index (κ2) is 5.80. The van der Waals surface area contributed by atoms with E-state index in [9.17, 15) is 0 Å². The van der Waals surface area contributed by atoms with Crippen molar-refractivity contribution in [2.75, 3.05) is 20.1 Å². The summed E-state index contributed by atoms with van der Waals surface area (Å²) in [6, 6.07) is 4.54. The van der Waals surface area contributed by atoms with Gasteiger partial charge in [-0.1, -0.05) is 6.92 Å². The van der Waals surface area contributed by atoms with Gasteiger partial charge in [0.2, 0.25) is 0 Å². The monoisotopic (exact) mass is 238 g/mol. The minimum absolute atomic E-state index is 0.930. The van der Waals surface area contributed by atoms with Crippen molar-refractivity contribution >= 4 is 11.3 Å². The molecule has 1 fully saturated rings. The highest BCUT2D eigenvalue weighted by Gasteiger charge is 2.16. The fourth-order valence-electron chi connectivity index (χ4n) is 2.22. The van der Waals surface area contributed by atoms with Crippen LogP contribution in [0.25, 0.3) is 0 Å². The van der Waals surface area contributed by atoms with Crippen LogP contribution in [0.4, 0.5) is 0 Å². The van der Waals surface area contributed by atoms with Gasteiger partial charge < -0.3 is 5.32 Å². The summed E-state index contributed by atoms with van der Waals surface area (Å²) in [4.78, 5) is 5.55. The van der Waals surface area contributed by atoms with Gasteiger partial charge in [-0.05, 0) is 51.0 Å². The fraction of sp³-hybridized carbons (Fsp3) is 0.692. The Morgan fingerprint density at radius 1 is 1.31 bits per heavy atom. The molecule has 0 bridgehead atoms. The standard InChI is InChI=1S/C13H22N2S/c1-11-5-7-15(8-6-11)10-13-4-3-12(16-13)9-14-2/h3-4,11,14H,5-10H2,1-2H3. The van der Waals surface area contributed by atoms with Crippen molar-refractivity contribution in [1.29, 1.82) is 0 Å². The highest BCUT2D eigenvalue weighted by atomic mass is 32.1. The van der Waals surface area contributed by atoms with Crippen LogP contribution in [-0.4, -0.2) is 25.0 Å². The zero-order valence-corrected chi connectivity index (χ0v) is 11.1. The van der Waals surface area contributed by atoms with Crippen LogP contribution in [0, 0.1) is 5.92 Å². The minimum atomic E-state index is 0.930. The Kier molecular flexibility index (Phi) is 4.38. The molecule has 3 heteroatoms. The van der Waals surface area contributed by atoms with Crippen LogP contribution in [0.15, 0.2) is 12.1 Å². The second-order valence-electron chi connectivity index (χ2n) is 4.86. The number of nitrogens with zero attached hydrogens (tertiary/aromatic N) is 1. The van der Waals surface area contributed by atoms with Crippen molar-refractivity contribution in [3.63, 3.8) is 0 Å². The van der Waals surface area contributed by atoms with Gasteiger partial charge in [0.1, 0.15) is 0 Å². The largest absolute Gasteiger partial charge is 0.315 e. The van der Waals surface area contributed by atoms with Gasteiger partial charge >= 0.3 is 0 Å². The van der Waals surface area contributed by atoms with Crippen molar-refractivity contribution in [2.24, 2.45) is 5.92 Å². The first-order chi connectivity index (χ1) is 7.78.